The van der Waals surface area contributed by atoms with Crippen LogP contribution in [0.15, 0.2) is 65.6 Å². The molecule has 0 spiro atoms. The highest BCUT2D eigenvalue weighted by molar-refractivity contribution is 7.92. The van der Waals surface area contributed by atoms with Crippen LogP contribution in [0.1, 0.15) is 0 Å². The first-order valence-corrected chi connectivity index (χ1v) is 10.2. The molecule has 1 aliphatic heterocycles. The lowest BCUT2D eigenvalue weighted by molar-refractivity contribution is 0.174. The molecular weight excluding hydrogens is 394 g/mol. The average molecular weight is 413 g/mol. The number of benzene rings is 3. The summed E-state index contributed by atoms with van der Waals surface area (Å²) in [7, 11) is -0.697. The summed E-state index contributed by atoms with van der Waals surface area (Å²) in [4.78, 5) is 0.163. The summed E-state index contributed by atoms with van der Waals surface area (Å²) in [6.45, 7) is 0.0790. The molecule has 7 nitrogen and oxygen atoms in total. The molecule has 0 aliphatic carbocycles. The molecule has 0 amide bonds. The van der Waals surface area contributed by atoms with E-state index in [1.165, 1.54) is 12.1 Å². The second kappa shape index (κ2) is 7.56. The highest BCUT2D eigenvalue weighted by Crippen LogP contribution is 2.43. The molecule has 3 aromatic carbocycles. The van der Waals surface area contributed by atoms with Crippen molar-refractivity contribution in [3.05, 3.63) is 60.7 Å². The van der Waals surface area contributed by atoms with Gasteiger partial charge in [-0.2, -0.15) is 0 Å². The molecule has 0 unspecified atom stereocenters. The summed E-state index contributed by atoms with van der Waals surface area (Å²) in [6.07, 6.45) is 0. The van der Waals surface area contributed by atoms with Gasteiger partial charge >= 0.3 is 0 Å². The molecular formula is C21H19NO6S. The Morgan fingerprint density at radius 1 is 0.862 bits per heavy atom. The molecule has 0 fully saturated rings. The number of hydrogen-bond donors (Lipinski definition) is 1. The van der Waals surface area contributed by atoms with Gasteiger partial charge in [0.1, 0.15) is 0 Å². The Morgan fingerprint density at radius 3 is 2.24 bits per heavy atom. The summed E-state index contributed by atoms with van der Waals surface area (Å²) < 4.78 is 50.0. The molecule has 0 saturated carbocycles. The van der Waals surface area contributed by atoms with Crippen molar-refractivity contribution in [3.63, 3.8) is 0 Å². The topological polar surface area (TPSA) is 83.1 Å². The zero-order valence-corrected chi connectivity index (χ0v) is 16.7. The van der Waals surface area contributed by atoms with Crippen LogP contribution in [0.25, 0.3) is 11.1 Å². The van der Waals surface area contributed by atoms with Gasteiger partial charge < -0.3 is 18.9 Å². The van der Waals surface area contributed by atoms with Crippen LogP contribution < -0.4 is 23.7 Å². The lowest BCUT2D eigenvalue weighted by atomic mass is 10.0. The van der Waals surface area contributed by atoms with Crippen LogP contribution in [0, 0.1) is 0 Å². The fourth-order valence-corrected chi connectivity index (χ4v) is 4.16. The molecule has 0 aromatic heterocycles. The predicted molar refractivity (Wildman–Crippen MR) is 108 cm³/mol. The fraction of sp³-hybridized carbons (Fsp3) is 0.143. The Labute approximate surface area is 168 Å². The number of sulfonamides is 1. The first-order valence-electron chi connectivity index (χ1n) is 8.76. The number of fused-ring (bicyclic) bond motifs is 1. The predicted octanol–water partition coefficient (Wildman–Crippen LogP) is 3.90. The number of anilines is 1. The van der Waals surface area contributed by atoms with Crippen molar-refractivity contribution in [3.8, 4) is 34.1 Å². The molecule has 29 heavy (non-hydrogen) atoms. The standard InChI is InChI=1S/C21H19NO6S/c1-25-18-9-8-14(10-19(18)26-2)16-11-20-21(28-13-27-20)12-17(16)22-29(23,24)15-6-4-3-5-7-15/h3-12,22H,13H2,1-2H3. The Hall–Kier alpha value is -3.39. The third kappa shape index (κ3) is 3.66. The van der Waals surface area contributed by atoms with Gasteiger partial charge in [0, 0.05) is 11.6 Å². The highest BCUT2D eigenvalue weighted by Gasteiger charge is 2.22. The maximum atomic E-state index is 12.9. The van der Waals surface area contributed by atoms with Crippen LogP contribution in [0.3, 0.4) is 0 Å². The summed E-state index contributed by atoms with van der Waals surface area (Å²) in [5.41, 5.74) is 1.71. The summed E-state index contributed by atoms with van der Waals surface area (Å²) in [5, 5.41) is 0. The molecule has 8 heteroatoms. The van der Waals surface area contributed by atoms with Gasteiger partial charge in [-0.05, 0) is 35.9 Å². The minimum atomic E-state index is -3.79. The third-order valence-electron chi connectivity index (χ3n) is 4.51. The SMILES string of the molecule is COc1ccc(-c2cc3c(cc2NS(=O)(=O)c2ccccc2)OCO3)cc1OC. The van der Waals surface area contributed by atoms with Crippen molar-refractivity contribution >= 4 is 15.7 Å². The molecule has 1 heterocycles. The number of rotatable bonds is 6. The van der Waals surface area contributed by atoms with Gasteiger partial charge in [0.25, 0.3) is 10.0 Å². The maximum Gasteiger partial charge on any atom is 0.261 e. The maximum absolute atomic E-state index is 12.9. The number of nitrogens with one attached hydrogen (secondary N) is 1. The van der Waals surface area contributed by atoms with E-state index in [0.717, 1.165) is 5.56 Å². The van der Waals surface area contributed by atoms with E-state index < -0.39 is 10.0 Å². The lowest BCUT2D eigenvalue weighted by Gasteiger charge is -2.15. The molecule has 1 aliphatic rings. The van der Waals surface area contributed by atoms with Crippen molar-refractivity contribution in [1.29, 1.82) is 0 Å². The van der Waals surface area contributed by atoms with Crippen LogP contribution in [0.5, 0.6) is 23.0 Å². The number of hydrogen-bond acceptors (Lipinski definition) is 6. The second-order valence-electron chi connectivity index (χ2n) is 6.24. The number of methoxy groups -OCH3 is 2. The van der Waals surface area contributed by atoms with Gasteiger partial charge in [0.05, 0.1) is 24.8 Å². The van der Waals surface area contributed by atoms with E-state index in [9.17, 15) is 8.42 Å². The average Bonchev–Trinajstić information content (AvgIpc) is 3.20. The minimum absolute atomic E-state index is 0.0790. The van der Waals surface area contributed by atoms with Gasteiger partial charge in [-0.3, -0.25) is 4.72 Å². The summed E-state index contributed by atoms with van der Waals surface area (Å²) in [6, 6.07) is 16.9. The van der Waals surface area contributed by atoms with Crippen LogP contribution in [-0.4, -0.2) is 29.4 Å². The smallest absolute Gasteiger partial charge is 0.261 e. The van der Waals surface area contributed by atoms with Crippen LogP contribution >= 0.6 is 0 Å². The fourth-order valence-electron chi connectivity index (χ4n) is 3.07. The monoisotopic (exact) mass is 413 g/mol. The molecule has 0 radical (unpaired) electrons. The first kappa shape index (κ1) is 18.9. The van der Waals surface area contributed by atoms with Gasteiger partial charge in [0.2, 0.25) is 6.79 Å². The Kier molecular flexibility index (Phi) is 4.94. The van der Waals surface area contributed by atoms with E-state index in [0.29, 0.717) is 34.2 Å². The quantitative estimate of drug-likeness (QED) is 0.660. The molecule has 150 valence electrons. The molecule has 3 aromatic rings. The van der Waals surface area contributed by atoms with Crippen molar-refractivity contribution in [2.45, 2.75) is 4.90 Å². The van der Waals surface area contributed by atoms with E-state index in [1.807, 2.05) is 6.07 Å². The minimum Gasteiger partial charge on any atom is -0.493 e. The summed E-state index contributed by atoms with van der Waals surface area (Å²) in [5.74, 6) is 2.11. The van der Waals surface area contributed by atoms with Crippen LogP contribution in [-0.2, 0) is 10.0 Å². The largest absolute Gasteiger partial charge is 0.493 e. The third-order valence-corrected chi connectivity index (χ3v) is 5.89. The Balaban J connectivity index is 1.82. The van der Waals surface area contributed by atoms with E-state index in [-0.39, 0.29) is 11.7 Å². The van der Waals surface area contributed by atoms with Gasteiger partial charge in [0.15, 0.2) is 23.0 Å². The Bertz CT molecular complexity index is 1150. The van der Waals surface area contributed by atoms with Gasteiger partial charge in [-0.25, -0.2) is 8.42 Å². The van der Waals surface area contributed by atoms with Crippen LogP contribution in [0.2, 0.25) is 0 Å². The molecule has 4 rings (SSSR count). The van der Waals surface area contributed by atoms with Crippen molar-refractivity contribution in [2.75, 3.05) is 25.7 Å². The zero-order valence-electron chi connectivity index (χ0n) is 15.8. The van der Waals surface area contributed by atoms with Crippen molar-refractivity contribution in [2.24, 2.45) is 0 Å². The van der Waals surface area contributed by atoms with Gasteiger partial charge in [-0.15, -0.1) is 0 Å². The molecule has 0 saturated heterocycles. The number of ether oxygens (including phenoxy) is 4. The highest BCUT2D eigenvalue weighted by atomic mass is 32.2. The lowest BCUT2D eigenvalue weighted by Crippen LogP contribution is -2.13. The second-order valence-corrected chi connectivity index (χ2v) is 7.92. The van der Waals surface area contributed by atoms with Crippen molar-refractivity contribution < 1.29 is 27.4 Å². The molecule has 1 N–H and O–H groups in total. The van der Waals surface area contributed by atoms with Crippen LogP contribution in [0.4, 0.5) is 5.69 Å². The molecule has 0 bridgehead atoms. The Morgan fingerprint density at radius 2 is 1.55 bits per heavy atom. The zero-order chi connectivity index (χ0) is 20.4. The molecule has 0 atom stereocenters. The van der Waals surface area contributed by atoms with Crippen molar-refractivity contribution in [1.82, 2.24) is 0 Å². The van der Waals surface area contributed by atoms with E-state index in [4.69, 9.17) is 18.9 Å². The van der Waals surface area contributed by atoms with Gasteiger partial charge in [-0.1, -0.05) is 24.3 Å². The van der Waals surface area contributed by atoms with E-state index in [2.05, 4.69) is 4.72 Å². The first-order chi connectivity index (χ1) is 14.0. The normalized spacial score (nSPS) is 12.5. The van der Waals surface area contributed by atoms with E-state index >= 15 is 0 Å². The summed E-state index contributed by atoms with van der Waals surface area (Å²) >= 11 is 0. The van der Waals surface area contributed by atoms with E-state index in [1.54, 1.807) is 56.7 Å².